The van der Waals surface area contributed by atoms with Crippen LogP contribution >= 0.6 is 23.4 Å². The smallest absolute Gasteiger partial charge is 0.325 e. The first-order valence-electron chi connectivity index (χ1n) is 4.12. The van der Waals surface area contributed by atoms with Crippen molar-refractivity contribution in [2.24, 2.45) is 0 Å². The average molecular weight is 225 g/mol. The maximum Gasteiger partial charge on any atom is 0.325 e. The minimum Gasteiger partial charge on any atom is -0.445 e. The molecule has 0 aromatic carbocycles. The summed E-state index contributed by atoms with van der Waals surface area (Å²) in [7, 11) is 0. The summed E-state index contributed by atoms with van der Waals surface area (Å²) < 4.78 is 10.4. The quantitative estimate of drug-likeness (QED) is 0.528. The van der Waals surface area contributed by atoms with Gasteiger partial charge in [-0.15, -0.1) is 23.4 Å². The molecule has 2 unspecified atom stereocenters. The molecule has 0 spiro atoms. The van der Waals surface area contributed by atoms with Gasteiger partial charge in [0.25, 0.3) is 0 Å². The number of hydrogen-bond acceptors (Lipinski definition) is 4. The van der Waals surface area contributed by atoms with Gasteiger partial charge in [0.15, 0.2) is 4.93 Å². The first-order chi connectivity index (χ1) is 6.03. The highest BCUT2D eigenvalue weighted by atomic mass is 35.5. The van der Waals surface area contributed by atoms with E-state index in [2.05, 4.69) is 0 Å². The third-order valence-corrected chi connectivity index (χ3v) is 3.00. The summed E-state index contributed by atoms with van der Waals surface area (Å²) in [5.74, 6) is 0.461. The fraction of sp³-hybridized carbons (Fsp3) is 0.875. The van der Waals surface area contributed by atoms with E-state index in [4.69, 9.17) is 21.1 Å². The predicted molar refractivity (Wildman–Crippen MR) is 53.1 cm³/mol. The topological polar surface area (TPSA) is 35.5 Å². The molecule has 0 aliphatic carbocycles. The van der Waals surface area contributed by atoms with Crippen LogP contribution in [0.3, 0.4) is 0 Å². The Hall–Kier alpha value is 0.0700. The van der Waals surface area contributed by atoms with Gasteiger partial charge in [-0.2, -0.15) is 0 Å². The number of thioether (sulfide) groups is 1. The molecule has 5 heteroatoms. The lowest BCUT2D eigenvalue weighted by molar-refractivity contribution is -0.153. The van der Waals surface area contributed by atoms with Crippen LogP contribution in [0.2, 0.25) is 0 Å². The fourth-order valence-electron chi connectivity index (χ4n) is 0.969. The minimum absolute atomic E-state index is 0.387. The van der Waals surface area contributed by atoms with Crippen molar-refractivity contribution in [2.45, 2.75) is 24.2 Å². The van der Waals surface area contributed by atoms with E-state index in [0.717, 1.165) is 5.75 Å². The van der Waals surface area contributed by atoms with Crippen LogP contribution in [0.15, 0.2) is 0 Å². The molecule has 0 bridgehead atoms. The van der Waals surface area contributed by atoms with Crippen molar-refractivity contribution in [1.82, 2.24) is 0 Å². The summed E-state index contributed by atoms with van der Waals surface area (Å²) in [6, 6.07) is 0. The summed E-state index contributed by atoms with van der Waals surface area (Å²) in [5, 5.41) is -0.598. The molecule has 0 amide bonds. The first-order valence-corrected chi connectivity index (χ1v) is 5.54. The van der Waals surface area contributed by atoms with Crippen LogP contribution in [-0.4, -0.2) is 35.2 Å². The zero-order chi connectivity index (χ0) is 9.90. The number of carbonyl (C=O) groups excluding carboxylic acids is 1. The van der Waals surface area contributed by atoms with E-state index in [9.17, 15) is 4.79 Å². The normalized spacial score (nSPS) is 31.0. The molecule has 1 heterocycles. The molecule has 2 atom stereocenters. The van der Waals surface area contributed by atoms with Crippen molar-refractivity contribution in [3.8, 4) is 0 Å². The van der Waals surface area contributed by atoms with Gasteiger partial charge in [-0.3, -0.25) is 4.79 Å². The average Bonchev–Trinajstić information content (AvgIpc) is 2.04. The van der Waals surface area contributed by atoms with Crippen LogP contribution in [0.5, 0.6) is 0 Å². The zero-order valence-electron chi connectivity index (χ0n) is 7.71. The standard InChI is InChI=1S/C8H13ClO3S/c1-6(9)7(10)12-8(2)5-11-3-4-13-8/h6H,3-5H2,1-2H3. The minimum atomic E-state index is -0.598. The van der Waals surface area contributed by atoms with E-state index in [-0.39, 0.29) is 5.97 Å². The molecule has 1 saturated heterocycles. The Morgan fingerprint density at radius 1 is 1.77 bits per heavy atom. The maximum atomic E-state index is 11.2. The van der Waals surface area contributed by atoms with Crippen LogP contribution in [0.25, 0.3) is 0 Å². The highest BCUT2D eigenvalue weighted by Gasteiger charge is 2.33. The molecule has 3 nitrogen and oxygen atoms in total. The molecule has 1 fully saturated rings. The lowest BCUT2D eigenvalue weighted by atomic mass is 10.4. The Morgan fingerprint density at radius 2 is 2.46 bits per heavy atom. The largest absolute Gasteiger partial charge is 0.445 e. The molecule has 0 aromatic rings. The molecular formula is C8H13ClO3S. The van der Waals surface area contributed by atoms with E-state index in [1.54, 1.807) is 18.7 Å². The molecule has 0 aromatic heterocycles. The Labute approximate surface area is 87.1 Å². The van der Waals surface area contributed by atoms with Crippen LogP contribution in [-0.2, 0) is 14.3 Å². The van der Waals surface area contributed by atoms with E-state index in [1.165, 1.54) is 0 Å². The number of rotatable bonds is 2. The molecule has 76 valence electrons. The molecule has 1 aliphatic rings. The van der Waals surface area contributed by atoms with Gasteiger partial charge in [0, 0.05) is 5.75 Å². The highest BCUT2D eigenvalue weighted by Crippen LogP contribution is 2.30. The first kappa shape index (κ1) is 11.1. The van der Waals surface area contributed by atoms with Crippen molar-refractivity contribution in [2.75, 3.05) is 19.0 Å². The second-order valence-corrected chi connectivity index (χ2v) is 5.29. The second-order valence-electron chi connectivity index (χ2n) is 3.07. The van der Waals surface area contributed by atoms with Crippen molar-refractivity contribution < 1.29 is 14.3 Å². The highest BCUT2D eigenvalue weighted by molar-refractivity contribution is 8.00. The number of halogens is 1. The lowest BCUT2D eigenvalue weighted by Crippen LogP contribution is -2.39. The Kier molecular flexibility index (Phi) is 3.88. The van der Waals surface area contributed by atoms with Gasteiger partial charge < -0.3 is 9.47 Å². The molecule has 1 rings (SSSR count). The molecular weight excluding hydrogens is 212 g/mol. The monoisotopic (exact) mass is 224 g/mol. The lowest BCUT2D eigenvalue weighted by Gasteiger charge is -2.32. The summed E-state index contributed by atoms with van der Waals surface area (Å²) in [4.78, 5) is 10.6. The predicted octanol–water partition coefficient (Wildman–Crippen LogP) is 1.64. The van der Waals surface area contributed by atoms with Crippen molar-refractivity contribution >= 4 is 29.3 Å². The van der Waals surface area contributed by atoms with Crippen molar-refractivity contribution in [3.05, 3.63) is 0 Å². The Morgan fingerprint density at radius 3 is 2.92 bits per heavy atom. The van der Waals surface area contributed by atoms with E-state index in [1.807, 2.05) is 6.92 Å². The van der Waals surface area contributed by atoms with Crippen molar-refractivity contribution in [1.29, 1.82) is 0 Å². The summed E-state index contributed by atoms with van der Waals surface area (Å²) >= 11 is 7.17. The van der Waals surface area contributed by atoms with Gasteiger partial charge in [-0.25, -0.2) is 0 Å². The SMILES string of the molecule is CC(Cl)C(=O)OC1(C)COCCS1. The number of alkyl halides is 1. The third-order valence-electron chi connectivity index (χ3n) is 1.64. The number of hydrogen-bond donors (Lipinski definition) is 0. The molecule has 1 aliphatic heterocycles. The van der Waals surface area contributed by atoms with Gasteiger partial charge in [0.1, 0.15) is 5.38 Å². The van der Waals surface area contributed by atoms with Crippen molar-refractivity contribution in [3.63, 3.8) is 0 Å². The van der Waals surface area contributed by atoms with Crippen LogP contribution in [0, 0.1) is 0 Å². The summed E-state index contributed by atoms with van der Waals surface area (Å²) in [5.41, 5.74) is 0. The fourth-order valence-corrected chi connectivity index (χ4v) is 1.95. The maximum absolute atomic E-state index is 11.2. The number of esters is 1. The van der Waals surface area contributed by atoms with E-state index >= 15 is 0 Å². The molecule has 0 N–H and O–H groups in total. The van der Waals surface area contributed by atoms with Gasteiger partial charge in [-0.05, 0) is 13.8 Å². The van der Waals surface area contributed by atoms with Gasteiger partial charge >= 0.3 is 5.97 Å². The van der Waals surface area contributed by atoms with Crippen LogP contribution < -0.4 is 0 Å². The van der Waals surface area contributed by atoms with E-state index in [0.29, 0.717) is 13.2 Å². The Bertz CT molecular complexity index is 190. The molecule has 0 radical (unpaired) electrons. The second kappa shape index (κ2) is 4.53. The van der Waals surface area contributed by atoms with Crippen LogP contribution in [0.4, 0.5) is 0 Å². The zero-order valence-corrected chi connectivity index (χ0v) is 9.28. The Balaban J connectivity index is 2.45. The van der Waals surface area contributed by atoms with Crippen LogP contribution in [0.1, 0.15) is 13.8 Å². The molecule has 0 saturated carbocycles. The van der Waals surface area contributed by atoms with E-state index < -0.39 is 10.3 Å². The summed E-state index contributed by atoms with van der Waals surface area (Å²) in [6.45, 7) is 4.59. The number of ether oxygens (including phenoxy) is 2. The summed E-state index contributed by atoms with van der Waals surface area (Å²) in [6.07, 6.45) is 0. The molecule has 13 heavy (non-hydrogen) atoms. The van der Waals surface area contributed by atoms with Gasteiger partial charge in [0.05, 0.1) is 13.2 Å². The third kappa shape index (κ3) is 3.37. The van der Waals surface area contributed by atoms with Gasteiger partial charge in [-0.1, -0.05) is 0 Å². The number of carbonyl (C=O) groups is 1. The van der Waals surface area contributed by atoms with Gasteiger partial charge in [0.2, 0.25) is 0 Å².